The quantitative estimate of drug-likeness (QED) is 0.447. The van der Waals surface area contributed by atoms with Crippen LogP contribution in [-0.2, 0) is 0 Å². The topological polar surface area (TPSA) is 56.4 Å². The summed E-state index contributed by atoms with van der Waals surface area (Å²) in [6, 6.07) is 21.1. The number of hydrogen-bond acceptors (Lipinski definition) is 4. The Labute approximate surface area is 157 Å². The maximum absolute atomic E-state index is 12.8. The molecule has 0 fully saturated rings. The first-order valence-electron chi connectivity index (χ1n) is 8.39. The highest BCUT2D eigenvalue weighted by molar-refractivity contribution is 7.17. The Balaban J connectivity index is 1.63. The van der Waals surface area contributed by atoms with Crippen molar-refractivity contribution < 1.29 is 4.79 Å². The van der Waals surface area contributed by atoms with Gasteiger partial charge in [-0.25, -0.2) is 9.20 Å². The van der Waals surface area contributed by atoms with E-state index in [1.807, 2.05) is 60.7 Å². The number of nitrogens with zero attached hydrogens (tertiary/aromatic N) is 3. The van der Waals surface area contributed by atoms with E-state index < -0.39 is 0 Å². The number of fused-ring (bicyclic) bond motifs is 3. The van der Waals surface area contributed by atoms with E-state index in [-0.39, 0.29) is 5.69 Å². The molecule has 6 heteroatoms. The molecule has 5 nitrogen and oxygen atoms in total. The summed E-state index contributed by atoms with van der Waals surface area (Å²) in [5.41, 5.74) is 2.13. The first kappa shape index (κ1) is 15.7. The second-order valence-electron chi connectivity index (χ2n) is 6.16. The van der Waals surface area contributed by atoms with Crippen LogP contribution in [0.2, 0.25) is 0 Å². The van der Waals surface area contributed by atoms with Gasteiger partial charge < -0.3 is 0 Å². The van der Waals surface area contributed by atoms with Crippen LogP contribution >= 0.6 is 11.3 Å². The second kappa shape index (κ2) is 6.03. The van der Waals surface area contributed by atoms with Gasteiger partial charge in [0.15, 0.2) is 11.9 Å². The van der Waals surface area contributed by atoms with Gasteiger partial charge in [-0.1, -0.05) is 36.4 Å². The molecule has 0 saturated heterocycles. The molecule has 0 radical (unpaired) electrons. The number of pyridine rings is 1. The third kappa shape index (κ3) is 2.50. The van der Waals surface area contributed by atoms with Gasteiger partial charge in [-0.05, 0) is 41.3 Å². The number of hydrogen-bond donors (Lipinski definition) is 0. The summed E-state index contributed by atoms with van der Waals surface area (Å²) in [5.74, 6) is 0. The van der Waals surface area contributed by atoms with Crippen LogP contribution in [0.3, 0.4) is 0 Å². The molecule has 0 aliphatic carbocycles. The van der Waals surface area contributed by atoms with Crippen molar-refractivity contribution in [2.45, 2.75) is 0 Å². The summed E-state index contributed by atoms with van der Waals surface area (Å²) >= 11 is 1.44. The summed E-state index contributed by atoms with van der Waals surface area (Å²) in [6.07, 6.45) is 2.60. The average molecular weight is 371 g/mol. The number of rotatable bonds is 3. The Morgan fingerprint density at radius 3 is 2.52 bits per heavy atom. The first-order chi connectivity index (χ1) is 13.2. The van der Waals surface area contributed by atoms with Crippen molar-refractivity contribution >= 4 is 34.0 Å². The van der Waals surface area contributed by atoms with Crippen molar-refractivity contribution in [2.24, 2.45) is 0 Å². The van der Waals surface area contributed by atoms with Gasteiger partial charge in [0.2, 0.25) is 0 Å². The molecule has 5 rings (SSSR count). The lowest BCUT2D eigenvalue weighted by Crippen LogP contribution is -2.19. The monoisotopic (exact) mass is 371 g/mol. The molecular formula is C21H13N3O2S. The molecule has 0 N–H and O–H groups in total. The third-order valence-electron chi connectivity index (χ3n) is 4.55. The van der Waals surface area contributed by atoms with Gasteiger partial charge in [-0.15, -0.1) is 16.4 Å². The molecule has 0 atom stereocenters. The Morgan fingerprint density at radius 1 is 0.926 bits per heavy atom. The van der Waals surface area contributed by atoms with Crippen LogP contribution in [-0.4, -0.2) is 20.5 Å². The standard InChI is InChI=1S/C21H13N3O2S/c25-13-17-9-10-19(27-17)15-5-7-16(8-6-15)24-21(26)23-12-11-14-3-1-2-4-18(14)20(23)22-24/h1-13H. The highest BCUT2D eigenvalue weighted by Gasteiger charge is 2.11. The molecule has 0 aliphatic rings. The van der Waals surface area contributed by atoms with Crippen LogP contribution in [0.25, 0.3) is 32.5 Å². The number of aldehydes is 1. The van der Waals surface area contributed by atoms with E-state index in [0.717, 1.165) is 27.5 Å². The van der Waals surface area contributed by atoms with E-state index in [2.05, 4.69) is 5.10 Å². The van der Waals surface area contributed by atoms with Crippen LogP contribution in [0.4, 0.5) is 0 Å². The van der Waals surface area contributed by atoms with Gasteiger partial charge in [0.05, 0.1) is 10.6 Å². The summed E-state index contributed by atoms with van der Waals surface area (Å²) in [7, 11) is 0. The zero-order valence-electron chi connectivity index (χ0n) is 14.1. The molecule has 27 heavy (non-hydrogen) atoms. The first-order valence-corrected chi connectivity index (χ1v) is 9.21. The zero-order chi connectivity index (χ0) is 18.4. The number of thiophene rings is 1. The van der Waals surface area contributed by atoms with Crippen molar-refractivity contribution in [1.82, 2.24) is 14.2 Å². The second-order valence-corrected chi connectivity index (χ2v) is 7.27. The number of aromatic nitrogens is 3. The fourth-order valence-corrected chi connectivity index (χ4v) is 4.03. The van der Waals surface area contributed by atoms with Crippen molar-refractivity contribution in [3.05, 3.63) is 88.3 Å². The van der Waals surface area contributed by atoms with Crippen molar-refractivity contribution in [1.29, 1.82) is 0 Å². The lowest BCUT2D eigenvalue weighted by atomic mass is 10.2. The fraction of sp³-hybridized carbons (Fsp3) is 0. The van der Waals surface area contributed by atoms with Gasteiger partial charge in [-0.2, -0.15) is 4.68 Å². The van der Waals surface area contributed by atoms with Crippen LogP contribution in [0.15, 0.2) is 77.7 Å². The van der Waals surface area contributed by atoms with Gasteiger partial charge in [0.25, 0.3) is 0 Å². The Morgan fingerprint density at radius 2 is 1.74 bits per heavy atom. The molecule has 5 aromatic rings. The summed E-state index contributed by atoms with van der Waals surface area (Å²) < 4.78 is 2.97. The van der Waals surface area contributed by atoms with Gasteiger partial charge in [0, 0.05) is 16.5 Å². The molecule has 0 spiro atoms. The molecular weight excluding hydrogens is 358 g/mol. The molecule has 130 valence electrons. The number of benzene rings is 2. The largest absolute Gasteiger partial charge is 0.355 e. The lowest BCUT2D eigenvalue weighted by Gasteiger charge is -2.01. The maximum Gasteiger partial charge on any atom is 0.355 e. The van der Waals surface area contributed by atoms with E-state index in [9.17, 15) is 9.59 Å². The molecule has 0 amide bonds. The predicted octanol–water partition coefficient (Wildman–Crippen LogP) is 4.18. The van der Waals surface area contributed by atoms with E-state index in [4.69, 9.17) is 0 Å². The average Bonchev–Trinajstić information content (AvgIpc) is 3.33. The maximum atomic E-state index is 12.8. The normalized spacial score (nSPS) is 11.3. The summed E-state index contributed by atoms with van der Waals surface area (Å²) in [5, 5.41) is 6.53. The minimum Gasteiger partial charge on any atom is -0.297 e. The third-order valence-corrected chi connectivity index (χ3v) is 5.61. The van der Waals surface area contributed by atoms with E-state index in [0.29, 0.717) is 16.2 Å². The Kier molecular flexibility index (Phi) is 3.51. The molecule has 3 aromatic heterocycles. The minimum absolute atomic E-state index is 0.206. The molecule has 0 unspecified atom stereocenters. The van der Waals surface area contributed by atoms with Crippen molar-refractivity contribution in [3.8, 4) is 16.1 Å². The van der Waals surface area contributed by atoms with E-state index in [1.165, 1.54) is 16.0 Å². The minimum atomic E-state index is -0.206. The van der Waals surface area contributed by atoms with Gasteiger partial charge >= 0.3 is 5.69 Å². The van der Waals surface area contributed by atoms with Gasteiger partial charge in [0.1, 0.15) is 0 Å². The summed E-state index contributed by atoms with van der Waals surface area (Å²) in [4.78, 5) is 25.4. The SMILES string of the molecule is O=Cc1ccc(-c2ccc(-n3nc4c5ccccc5ccn4c3=O)cc2)s1. The van der Waals surface area contributed by atoms with Crippen LogP contribution in [0.5, 0.6) is 0 Å². The van der Waals surface area contributed by atoms with Crippen molar-refractivity contribution in [3.63, 3.8) is 0 Å². The predicted molar refractivity (Wildman–Crippen MR) is 107 cm³/mol. The highest BCUT2D eigenvalue weighted by Crippen LogP contribution is 2.28. The van der Waals surface area contributed by atoms with Gasteiger partial charge in [-0.3, -0.25) is 4.79 Å². The molecule has 0 saturated carbocycles. The van der Waals surface area contributed by atoms with E-state index in [1.54, 1.807) is 16.7 Å². The Hall–Kier alpha value is -3.51. The lowest BCUT2D eigenvalue weighted by molar-refractivity contribution is 0.112. The molecule has 0 bridgehead atoms. The molecule has 2 aromatic carbocycles. The van der Waals surface area contributed by atoms with Crippen molar-refractivity contribution in [2.75, 3.05) is 0 Å². The smallest absolute Gasteiger partial charge is 0.297 e. The number of carbonyl (C=O) groups is 1. The van der Waals surface area contributed by atoms with E-state index >= 15 is 0 Å². The van der Waals surface area contributed by atoms with Crippen LogP contribution in [0, 0.1) is 0 Å². The number of carbonyl (C=O) groups excluding carboxylic acids is 1. The molecule has 0 aliphatic heterocycles. The van der Waals surface area contributed by atoms with Crippen LogP contribution in [0.1, 0.15) is 9.67 Å². The summed E-state index contributed by atoms with van der Waals surface area (Å²) in [6.45, 7) is 0. The zero-order valence-corrected chi connectivity index (χ0v) is 14.9. The molecule has 3 heterocycles. The van der Waals surface area contributed by atoms with Crippen LogP contribution < -0.4 is 5.69 Å². The fourth-order valence-electron chi connectivity index (χ4n) is 3.20. The Bertz CT molecular complexity index is 1360. The highest BCUT2D eigenvalue weighted by atomic mass is 32.1.